The average molecular weight is 372 g/mol. The van der Waals surface area contributed by atoms with Gasteiger partial charge in [-0.2, -0.15) is 0 Å². The van der Waals surface area contributed by atoms with Crippen molar-refractivity contribution >= 4 is 34.2 Å². The van der Waals surface area contributed by atoms with Crippen molar-refractivity contribution in [3.63, 3.8) is 0 Å². The van der Waals surface area contributed by atoms with E-state index in [2.05, 4.69) is 71.2 Å². The highest BCUT2D eigenvalue weighted by Crippen LogP contribution is 2.20. The highest BCUT2D eigenvalue weighted by molar-refractivity contribution is 14.1. The van der Waals surface area contributed by atoms with Crippen LogP contribution in [0.1, 0.15) is 24.1 Å². The molecule has 0 heterocycles. The van der Waals surface area contributed by atoms with Gasteiger partial charge in [0.15, 0.2) is 0 Å². The van der Waals surface area contributed by atoms with E-state index >= 15 is 0 Å². The van der Waals surface area contributed by atoms with Crippen molar-refractivity contribution in [2.24, 2.45) is 0 Å². The van der Waals surface area contributed by atoms with E-state index in [0.717, 1.165) is 15.1 Å². The van der Waals surface area contributed by atoms with Crippen molar-refractivity contribution in [1.82, 2.24) is 5.32 Å². The Balaban J connectivity index is 1.97. The minimum absolute atomic E-state index is 0.347. The molecule has 2 aromatic carbocycles. The summed E-state index contributed by atoms with van der Waals surface area (Å²) in [4.78, 5) is 0. The Hall–Kier alpha value is -0.580. The van der Waals surface area contributed by atoms with Gasteiger partial charge in [0.25, 0.3) is 0 Å². The second kappa shape index (κ2) is 6.55. The molecule has 0 fully saturated rings. The molecule has 0 aliphatic rings. The normalized spacial score (nSPS) is 12.4. The maximum atomic E-state index is 6.01. The lowest BCUT2D eigenvalue weighted by molar-refractivity contribution is 0.574. The standard InChI is InChI=1S/C15H15ClIN/c1-11(13-5-3-2-4-6-13)18-10-12-7-8-14(16)15(17)9-12/h2-9,11,18H,10H2,1H3. The first-order valence-corrected chi connectivity index (χ1v) is 7.35. The van der Waals surface area contributed by atoms with E-state index < -0.39 is 0 Å². The van der Waals surface area contributed by atoms with Crippen LogP contribution in [0, 0.1) is 3.57 Å². The molecule has 0 amide bonds. The van der Waals surface area contributed by atoms with Crippen LogP contribution >= 0.6 is 34.2 Å². The quantitative estimate of drug-likeness (QED) is 0.762. The lowest BCUT2D eigenvalue weighted by Gasteiger charge is -2.14. The second-order valence-electron chi connectivity index (χ2n) is 4.26. The van der Waals surface area contributed by atoms with Crippen molar-refractivity contribution in [1.29, 1.82) is 0 Å². The molecule has 2 aromatic rings. The summed E-state index contributed by atoms with van der Waals surface area (Å²) in [6, 6.07) is 16.9. The summed E-state index contributed by atoms with van der Waals surface area (Å²) >= 11 is 8.27. The molecule has 0 aliphatic carbocycles. The largest absolute Gasteiger partial charge is 0.306 e. The molecule has 18 heavy (non-hydrogen) atoms. The fourth-order valence-electron chi connectivity index (χ4n) is 1.78. The van der Waals surface area contributed by atoms with Crippen molar-refractivity contribution in [3.8, 4) is 0 Å². The highest BCUT2D eigenvalue weighted by Gasteiger charge is 2.04. The van der Waals surface area contributed by atoms with Crippen molar-refractivity contribution in [3.05, 3.63) is 68.3 Å². The fraction of sp³-hybridized carbons (Fsp3) is 0.200. The van der Waals surface area contributed by atoms with Gasteiger partial charge in [0, 0.05) is 16.2 Å². The minimum Gasteiger partial charge on any atom is -0.306 e. The Bertz CT molecular complexity index is 513. The van der Waals surface area contributed by atoms with Gasteiger partial charge in [-0.25, -0.2) is 0 Å². The Morgan fingerprint density at radius 2 is 1.89 bits per heavy atom. The Kier molecular flexibility index (Phi) is 5.03. The highest BCUT2D eigenvalue weighted by atomic mass is 127. The lowest BCUT2D eigenvalue weighted by atomic mass is 10.1. The number of hydrogen-bond donors (Lipinski definition) is 1. The molecule has 0 saturated carbocycles. The van der Waals surface area contributed by atoms with Crippen molar-refractivity contribution in [2.45, 2.75) is 19.5 Å². The van der Waals surface area contributed by atoms with E-state index in [-0.39, 0.29) is 0 Å². The van der Waals surface area contributed by atoms with Gasteiger partial charge in [-0.1, -0.05) is 48.0 Å². The van der Waals surface area contributed by atoms with Crippen LogP contribution in [0.2, 0.25) is 5.02 Å². The van der Waals surface area contributed by atoms with Crippen molar-refractivity contribution in [2.75, 3.05) is 0 Å². The predicted molar refractivity (Wildman–Crippen MR) is 85.9 cm³/mol. The topological polar surface area (TPSA) is 12.0 Å². The maximum absolute atomic E-state index is 6.01. The van der Waals surface area contributed by atoms with Gasteiger partial charge < -0.3 is 5.32 Å². The zero-order valence-electron chi connectivity index (χ0n) is 10.2. The molecule has 0 bridgehead atoms. The molecule has 0 aromatic heterocycles. The van der Waals surface area contributed by atoms with Crippen LogP contribution in [0.5, 0.6) is 0 Å². The monoisotopic (exact) mass is 371 g/mol. The number of benzene rings is 2. The molecule has 1 nitrogen and oxygen atoms in total. The summed E-state index contributed by atoms with van der Waals surface area (Å²) in [6.07, 6.45) is 0. The lowest BCUT2D eigenvalue weighted by Crippen LogP contribution is -2.18. The van der Waals surface area contributed by atoms with Gasteiger partial charge in [0.1, 0.15) is 0 Å². The molecule has 1 atom stereocenters. The SMILES string of the molecule is CC(NCc1ccc(Cl)c(I)c1)c1ccccc1. The van der Waals surface area contributed by atoms with Crippen molar-refractivity contribution < 1.29 is 0 Å². The Labute approximate surface area is 127 Å². The molecular formula is C15H15ClIN. The number of rotatable bonds is 4. The first kappa shape index (κ1) is 13.8. The molecular weight excluding hydrogens is 357 g/mol. The van der Waals surface area contributed by atoms with E-state index in [1.54, 1.807) is 0 Å². The second-order valence-corrected chi connectivity index (χ2v) is 5.83. The smallest absolute Gasteiger partial charge is 0.0539 e. The van der Waals surface area contributed by atoms with Crippen LogP contribution in [0.4, 0.5) is 0 Å². The average Bonchev–Trinajstić information content (AvgIpc) is 2.41. The van der Waals surface area contributed by atoms with E-state index in [1.807, 2.05) is 12.1 Å². The molecule has 0 spiro atoms. The first-order valence-electron chi connectivity index (χ1n) is 5.89. The molecule has 0 aliphatic heterocycles. The first-order chi connectivity index (χ1) is 8.66. The number of hydrogen-bond acceptors (Lipinski definition) is 1. The number of halogens is 2. The summed E-state index contributed by atoms with van der Waals surface area (Å²) in [6.45, 7) is 3.03. The van der Waals surface area contributed by atoms with Crippen LogP contribution < -0.4 is 5.32 Å². The molecule has 1 unspecified atom stereocenters. The maximum Gasteiger partial charge on any atom is 0.0539 e. The Morgan fingerprint density at radius 3 is 2.56 bits per heavy atom. The zero-order chi connectivity index (χ0) is 13.0. The van der Waals surface area contributed by atoms with Gasteiger partial charge in [0.05, 0.1) is 5.02 Å². The van der Waals surface area contributed by atoms with Gasteiger partial charge in [0.2, 0.25) is 0 Å². The third kappa shape index (κ3) is 3.70. The van der Waals surface area contributed by atoms with Gasteiger partial charge in [-0.3, -0.25) is 0 Å². The molecule has 94 valence electrons. The molecule has 1 N–H and O–H groups in total. The summed E-state index contributed by atoms with van der Waals surface area (Å²) in [5, 5.41) is 4.33. The van der Waals surface area contributed by atoms with E-state index in [9.17, 15) is 0 Å². The minimum atomic E-state index is 0.347. The van der Waals surface area contributed by atoms with Crippen LogP contribution in [-0.2, 0) is 6.54 Å². The summed E-state index contributed by atoms with van der Waals surface area (Å²) in [5.41, 5.74) is 2.56. The van der Waals surface area contributed by atoms with Gasteiger partial charge in [-0.15, -0.1) is 0 Å². The van der Waals surface area contributed by atoms with Crippen LogP contribution in [-0.4, -0.2) is 0 Å². The predicted octanol–water partition coefficient (Wildman–Crippen LogP) is 4.80. The Morgan fingerprint density at radius 1 is 1.17 bits per heavy atom. The number of nitrogens with one attached hydrogen (secondary N) is 1. The molecule has 0 radical (unpaired) electrons. The molecule has 0 saturated heterocycles. The van der Waals surface area contributed by atoms with Gasteiger partial charge in [-0.05, 0) is 52.8 Å². The summed E-state index contributed by atoms with van der Waals surface area (Å²) in [5.74, 6) is 0. The third-order valence-electron chi connectivity index (χ3n) is 2.90. The zero-order valence-corrected chi connectivity index (χ0v) is 13.1. The fourth-order valence-corrected chi connectivity index (χ4v) is 2.48. The van der Waals surface area contributed by atoms with Gasteiger partial charge >= 0.3 is 0 Å². The van der Waals surface area contributed by atoms with Crippen LogP contribution in [0.25, 0.3) is 0 Å². The van der Waals surface area contributed by atoms with E-state index in [1.165, 1.54) is 11.1 Å². The molecule has 2 rings (SSSR count). The summed E-state index contributed by atoms with van der Waals surface area (Å²) in [7, 11) is 0. The van der Waals surface area contributed by atoms with E-state index in [4.69, 9.17) is 11.6 Å². The van der Waals surface area contributed by atoms with E-state index in [0.29, 0.717) is 6.04 Å². The van der Waals surface area contributed by atoms with Crippen LogP contribution in [0.15, 0.2) is 48.5 Å². The molecule has 3 heteroatoms. The summed E-state index contributed by atoms with van der Waals surface area (Å²) < 4.78 is 1.10. The third-order valence-corrected chi connectivity index (χ3v) is 4.44. The van der Waals surface area contributed by atoms with Crippen LogP contribution in [0.3, 0.4) is 0 Å².